The number of aryl methyl sites for hydroxylation is 1. The number of hydrogen-bond acceptors (Lipinski definition) is 4. The maximum Gasteiger partial charge on any atom is 0.159 e. The van der Waals surface area contributed by atoms with Crippen molar-refractivity contribution in [2.24, 2.45) is 7.05 Å². The smallest absolute Gasteiger partial charge is 0.159 e. The Labute approximate surface area is 115 Å². The van der Waals surface area contributed by atoms with E-state index < -0.39 is 17.7 Å². The fourth-order valence-electron chi connectivity index (χ4n) is 1.89. The number of benzene rings is 1. The van der Waals surface area contributed by atoms with Crippen molar-refractivity contribution in [2.75, 3.05) is 13.6 Å². The molecule has 20 heavy (non-hydrogen) atoms. The van der Waals surface area contributed by atoms with E-state index in [1.54, 1.807) is 18.8 Å². The average Bonchev–Trinajstić information content (AvgIpc) is 2.78. The number of aromatic nitrogens is 3. The summed E-state index contributed by atoms with van der Waals surface area (Å²) in [5.74, 6) is -1.13. The minimum absolute atomic E-state index is 0.276. The summed E-state index contributed by atoms with van der Waals surface area (Å²) in [4.78, 5) is 5.91. The molecule has 0 fully saturated rings. The molecule has 0 saturated carbocycles. The van der Waals surface area contributed by atoms with E-state index in [4.69, 9.17) is 0 Å². The molecule has 1 heterocycles. The van der Waals surface area contributed by atoms with E-state index >= 15 is 0 Å². The van der Waals surface area contributed by atoms with Crippen LogP contribution in [0.4, 0.5) is 8.78 Å². The summed E-state index contributed by atoms with van der Waals surface area (Å²) in [7, 11) is 3.58. The van der Waals surface area contributed by atoms with Crippen LogP contribution in [0.15, 0.2) is 24.5 Å². The van der Waals surface area contributed by atoms with E-state index in [9.17, 15) is 13.9 Å². The molecule has 0 saturated heterocycles. The van der Waals surface area contributed by atoms with E-state index in [0.29, 0.717) is 12.1 Å². The first kappa shape index (κ1) is 14.5. The van der Waals surface area contributed by atoms with E-state index in [0.717, 1.165) is 18.0 Å². The van der Waals surface area contributed by atoms with Gasteiger partial charge in [-0.15, -0.1) is 0 Å². The van der Waals surface area contributed by atoms with Gasteiger partial charge in [0, 0.05) is 13.6 Å². The van der Waals surface area contributed by atoms with Gasteiger partial charge in [0.1, 0.15) is 12.2 Å². The molecular weight excluding hydrogens is 266 g/mol. The molecule has 1 unspecified atom stereocenters. The van der Waals surface area contributed by atoms with Crippen molar-refractivity contribution in [2.45, 2.75) is 12.6 Å². The van der Waals surface area contributed by atoms with Crippen LogP contribution in [0.3, 0.4) is 0 Å². The number of nitrogens with zero attached hydrogens (tertiary/aromatic N) is 4. The maximum atomic E-state index is 13.1. The first-order valence-corrected chi connectivity index (χ1v) is 6.12. The highest BCUT2D eigenvalue weighted by molar-refractivity contribution is 5.20. The lowest BCUT2D eigenvalue weighted by Crippen LogP contribution is -2.25. The predicted molar refractivity (Wildman–Crippen MR) is 68.7 cm³/mol. The van der Waals surface area contributed by atoms with Crippen LogP contribution in [0.1, 0.15) is 17.5 Å². The highest BCUT2D eigenvalue weighted by atomic mass is 19.2. The lowest BCUT2D eigenvalue weighted by atomic mass is 10.1. The van der Waals surface area contributed by atoms with E-state index in [2.05, 4.69) is 10.1 Å². The van der Waals surface area contributed by atoms with Crippen LogP contribution in [0.2, 0.25) is 0 Å². The summed E-state index contributed by atoms with van der Waals surface area (Å²) in [6.07, 6.45) is 0.554. The van der Waals surface area contributed by atoms with Crippen molar-refractivity contribution in [1.29, 1.82) is 0 Å². The molecule has 0 amide bonds. The number of aliphatic hydroxyl groups excluding tert-OH is 1. The van der Waals surface area contributed by atoms with Gasteiger partial charge in [0.2, 0.25) is 0 Å². The molecule has 1 N–H and O–H groups in total. The van der Waals surface area contributed by atoms with Crippen molar-refractivity contribution in [3.05, 3.63) is 47.5 Å². The highest BCUT2D eigenvalue weighted by Gasteiger charge is 2.14. The van der Waals surface area contributed by atoms with Crippen LogP contribution in [-0.4, -0.2) is 38.4 Å². The molecule has 0 radical (unpaired) electrons. The summed E-state index contributed by atoms with van der Waals surface area (Å²) < 4.78 is 27.6. The van der Waals surface area contributed by atoms with Crippen LogP contribution in [0.5, 0.6) is 0 Å². The largest absolute Gasteiger partial charge is 0.387 e. The van der Waals surface area contributed by atoms with Gasteiger partial charge in [-0.05, 0) is 24.7 Å². The van der Waals surface area contributed by atoms with Crippen molar-refractivity contribution >= 4 is 0 Å². The molecule has 0 bridgehead atoms. The van der Waals surface area contributed by atoms with Crippen LogP contribution >= 0.6 is 0 Å². The molecule has 2 aromatic rings. The Hall–Kier alpha value is -1.86. The van der Waals surface area contributed by atoms with Crippen LogP contribution in [0, 0.1) is 11.6 Å². The summed E-state index contributed by atoms with van der Waals surface area (Å²) in [5, 5.41) is 14.0. The summed E-state index contributed by atoms with van der Waals surface area (Å²) in [5.41, 5.74) is 0.341. The first-order valence-electron chi connectivity index (χ1n) is 6.12. The number of likely N-dealkylation sites (N-methyl/N-ethyl adjacent to an activating group) is 1. The molecular formula is C13H16F2N4O. The van der Waals surface area contributed by atoms with Gasteiger partial charge in [0.25, 0.3) is 0 Å². The van der Waals surface area contributed by atoms with Gasteiger partial charge in [0.15, 0.2) is 11.6 Å². The maximum absolute atomic E-state index is 13.1. The van der Waals surface area contributed by atoms with E-state index in [-0.39, 0.29) is 6.54 Å². The monoisotopic (exact) mass is 282 g/mol. The fourth-order valence-corrected chi connectivity index (χ4v) is 1.89. The van der Waals surface area contributed by atoms with E-state index in [1.165, 1.54) is 12.4 Å². The van der Waals surface area contributed by atoms with Gasteiger partial charge in [-0.3, -0.25) is 9.58 Å². The minimum atomic E-state index is -0.961. The van der Waals surface area contributed by atoms with Crippen LogP contribution < -0.4 is 0 Å². The Morgan fingerprint density at radius 3 is 2.70 bits per heavy atom. The number of halogens is 2. The second-order valence-corrected chi connectivity index (χ2v) is 4.69. The topological polar surface area (TPSA) is 54.2 Å². The molecule has 108 valence electrons. The second kappa shape index (κ2) is 6.06. The zero-order valence-corrected chi connectivity index (χ0v) is 11.3. The van der Waals surface area contributed by atoms with Gasteiger partial charge in [-0.25, -0.2) is 13.8 Å². The molecule has 0 aliphatic heterocycles. The molecule has 5 nitrogen and oxygen atoms in total. The third-order valence-corrected chi connectivity index (χ3v) is 3.03. The fraction of sp³-hybridized carbons (Fsp3) is 0.385. The molecule has 0 spiro atoms. The third-order valence-electron chi connectivity index (χ3n) is 3.03. The van der Waals surface area contributed by atoms with Gasteiger partial charge in [-0.1, -0.05) is 6.07 Å². The number of hydrogen-bond donors (Lipinski definition) is 1. The minimum Gasteiger partial charge on any atom is -0.387 e. The van der Waals surface area contributed by atoms with Crippen molar-refractivity contribution < 1.29 is 13.9 Å². The molecule has 0 aliphatic rings. The van der Waals surface area contributed by atoms with Gasteiger partial charge in [-0.2, -0.15) is 5.10 Å². The Bertz CT molecular complexity index is 588. The Morgan fingerprint density at radius 1 is 1.35 bits per heavy atom. The zero-order chi connectivity index (χ0) is 14.7. The average molecular weight is 282 g/mol. The van der Waals surface area contributed by atoms with Crippen LogP contribution in [-0.2, 0) is 13.6 Å². The molecule has 0 aliphatic carbocycles. The second-order valence-electron chi connectivity index (χ2n) is 4.69. The summed E-state index contributed by atoms with van der Waals surface area (Å²) in [6.45, 7) is 0.773. The summed E-state index contributed by atoms with van der Waals surface area (Å²) >= 11 is 0. The Morgan fingerprint density at radius 2 is 2.10 bits per heavy atom. The lowest BCUT2D eigenvalue weighted by molar-refractivity contribution is 0.121. The van der Waals surface area contributed by atoms with E-state index in [1.807, 2.05) is 4.90 Å². The standard InChI is InChI=1S/C13H16F2N4O/c1-18(7-13-16-8-17-19(13)2)6-12(20)9-3-4-10(14)11(15)5-9/h3-5,8,12,20H,6-7H2,1-2H3. The van der Waals surface area contributed by atoms with Gasteiger partial charge in [0.05, 0.1) is 12.6 Å². The Kier molecular flexibility index (Phi) is 4.41. The third kappa shape index (κ3) is 3.37. The molecule has 7 heteroatoms. The molecule has 1 atom stereocenters. The normalized spacial score (nSPS) is 12.9. The van der Waals surface area contributed by atoms with Crippen molar-refractivity contribution in [3.8, 4) is 0 Å². The zero-order valence-electron chi connectivity index (χ0n) is 11.3. The number of rotatable bonds is 5. The summed E-state index contributed by atoms with van der Waals surface area (Å²) in [6, 6.07) is 3.39. The van der Waals surface area contributed by atoms with Crippen molar-refractivity contribution in [3.63, 3.8) is 0 Å². The molecule has 2 rings (SSSR count). The molecule has 1 aromatic heterocycles. The van der Waals surface area contributed by atoms with Gasteiger partial charge >= 0.3 is 0 Å². The highest BCUT2D eigenvalue weighted by Crippen LogP contribution is 2.17. The van der Waals surface area contributed by atoms with Crippen molar-refractivity contribution in [1.82, 2.24) is 19.7 Å². The predicted octanol–water partition coefficient (Wildman–Crippen LogP) is 1.26. The van der Waals surface area contributed by atoms with Gasteiger partial charge < -0.3 is 5.11 Å². The lowest BCUT2D eigenvalue weighted by Gasteiger charge is -2.20. The first-order chi connectivity index (χ1) is 9.47. The quantitative estimate of drug-likeness (QED) is 0.897. The molecule has 1 aromatic carbocycles. The van der Waals surface area contributed by atoms with Crippen LogP contribution in [0.25, 0.3) is 0 Å². The number of aliphatic hydroxyl groups is 1. The Balaban J connectivity index is 1.98. The SMILES string of the molecule is CN(Cc1ncnn1C)CC(O)c1ccc(F)c(F)c1.